The van der Waals surface area contributed by atoms with E-state index in [1.54, 1.807) is 12.1 Å². The molecule has 15 heavy (non-hydrogen) atoms. The third kappa shape index (κ3) is 2.10. The molecule has 2 N–H and O–H groups in total. The molecule has 0 atom stereocenters. The van der Waals surface area contributed by atoms with Crippen molar-refractivity contribution < 1.29 is 10.2 Å². The summed E-state index contributed by atoms with van der Waals surface area (Å²) >= 11 is 0. The van der Waals surface area contributed by atoms with E-state index in [9.17, 15) is 10.2 Å². The molecule has 2 rings (SSSR count). The zero-order valence-corrected chi connectivity index (χ0v) is 8.22. The first-order valence-electron chi connectivity index (χ1n) is 4.83. The van der Waals surface area contributed by atoms with Gasteiger partial charge < -0.3 is 10.2 Å². The highest BCUT2D eigenvalue weighted by molar-refractivity contribution is 5.76. The molecule has 1 aliphatic carbocycles. The molecule has 0 aliphatic heterocycles. The minimum atomic E-state index is -0.0903. The van der Waals surface area contributed by atoms with Gasteiger partial charge in [0.25, 0.3) is 0 Å². The SMILES string of the molecule is Oc1ccc(C2=CC=CCC=C2)cc1O. The van der Waals surface area contributed by atoms with Gasteiger partial charge in [0.05, 0.1) is 0 Å². The molecule has 0 radical (unpaired) electrons. The quantitative estimate of drug-likeness (QED) is 0.684. The number of allylic oxidation sites excluding steroid dienone is 6. The third-order valence-electron chi connectivity index (χ3n) is 2.29. The maximum atomic E-state index is 9.38. The van der Waals surface area contributed by atoms with Gasteiger partial charge in [0, 0.05) is 0 Å². The number of aromatic hydroxyl groups is 2. The average molecular weight is 200 g/mol. The lowest BCUT2D eigenvalue weighted by molar-refractivity contribution is 0.403. The number of phenols is 2. The van der Waals surface area contributed by atoms with Crippen LogP contribution in [0, 0.1) is 0 Å². The monoisotopic (exact) mass is 200 g/mol. The Morgan fingerprint density at radius 2 is 1.87 bits per heavy atom. The summed E-state index contributed by atoms with van der Waals surface area (Å²) in [6, 6.07) is 4.84. The molecular formula is C13H12O2. The van der Waals surface area contributed by atoms with Crippen LogP contribution < -0.4 is 0 Å². The molecule has 0 aromatic heterocycles. The largest absolute Gasteiger partial charge is 0.504 e. The molecule has 0 unspecified atom stereocenters. The summed E-state index contributed by atoms with van der Waals surface area (Å²) in [6.45, 7) is 0. The predicted octanol–water partition coefficient (Wildman–Crippen LogP) is 3.00. The first-order valence-corrected chi connectivity index (χ1v) is 4.83. The Morgan fingerprint density at radius 3 is 2.67 bits per heavy atom. The van der Waals surface area contributed by atoms with Crippen molar-refractivity contribution in [3.8, 4) is 11.5 Å². The van der Waals surface area contributed by atoms with E-state index in [4.69, 9.17) is 0 Å². The highest BCUT2D eigenvalue weighted by atomic mass is 16.3. The fourth-order valence-electron chi connectivity index (χ4n) is 1.47. The molecule has 1 aliphatic rings. The lowest BCUT2D eigenvalue weighted by Gasteiger charge is -2.03. The number of rotatable bonds is 1. The van der Waals surface area contributed by atoms with Crippen molar-refractivity contribution in [2.75, 3.05) is 0 Å². The van der Waals surface area contributed by atoms with Crippen molar-refractivity contribution in [1.82, 2.24) is 0 Å². The molecular weight excluding hydrogens is 188 g/mol. The molecule has 0 saturated carbocycles. The summed E-state index contributed by atoms with van der Waals surface area (Å²) in [5, 5.41) is 18.6. The van der Waals surface area contributed by atoms with E-state index in [1.165, 1.54) is 6.07 Å². The normalized spacial score (nSPS) is 14.8. The minimum absolute atomic E-state index is 0.0879. The average Bonchev–Trinajstić information content (AvgIpc) is 2.50. The number of benzene rings is 1. The molecule has 2 heteroatoms. The van der Waals surface area contributed by atoms with Gasteiger partial charge in [-0.1, -0.05) is 36.4 Å². The van der Waals surface area contributed by atoms with E-state index in [0.717, 1.165) is 17.6 Å². The van der Waals surface area contributed by atoms with E-state index in [-0.39, 0.29) is 11.5 Å². The second kappa shape index (κ2) is 4.05. The number of hydrogen-bond acceptors (Lipinski definition) is 2. The van der Waals surface area contributed by atoms with E-state index in [1.807, 2.05) is 18.2 Å². The second-order valence-corrected chi connectivity index (χ2v) is 3.39. The van der Waals surface area contributed by atoms with E-state index >= 15 is 0 Å². The lowest BCUT2D eigenvalue weighted by Crippen LogP contribution is -1.80. The van der Waals surface area contributed by atoms with Crippen LogP contribution >= 0.6 is 0 Å². The lowest BCUT2D eigenvalue weighted by atomic mass is 10.0. The topological polar surface area (TPSA) is 40.5 Å². The van der Waals surface area contributed by atoms with E-state index in [0.29, 0.717) is 0 Å². The van der Waals surface area contributed by atoms with Crippen LogP contribution in [0.5, 0.6) is 11.5 Å². The highest BCUT2D eigenvalue weighted by Crippen LogP contribution is 2.29. The molecule has 76 valence electrons. The Hall–Kier alpha value is -1.96. The van der Waals surface area contributed by atoms with Crippen molar-refractivity contribution in [2.45, 2.75) is 6.42 Å². The molecule has 1 aromatic carbocycles. The smallest absolute Gasteiger partial charge is 0.158 e. The van der Waals surface area contributed by atoms with E-state index < -0.39 is 0 Å². The van der Waals surface area contributed by atoms with Crippen molar-refractivity contribution in [3.63, 3.8) is 0 Å². The number of phenolic OH excluding ortho intramolecular Hbond substituents is 2. The number of hydrogen-bond donors (Lipinski definition) is 2. The summed E-state index contributed by atoms with van der Waals surface area (Å²) in [4.78, 5) is 0. The standard InChI is InChI=1S/C13H12O2/c14-12-8-7-11(9-13(12)15)10-5-3-1-2-4-6-10/h1,3-9,14-15H,2H2. The van der Waals surface area contributed by atoms with Gasteiger partial charge in [0.1, 0.15) is 0 Å². The van der Waals surface area contributed by atoms with Crippen LogP contribution in [0.1, 0.15) is 12.0 Å². The first-order chi connectivity index (χ1) is 7.27. The van der Waals surface area contributed by atoms with Gasteiger partial charge in [-0.25, -0.2) is 0 Å². The summed E-state index contributed by atoms with van der Waals surface area (Å²) < 4.78 is 0. The fourth-order valence-corrected chi connectivity index (χ4v) is 1.47. The van der Waals surface area contributed by atoms with Gasteiger partial charge in [-0.3, -0.25) is 0 Å². The summed E-state index contributed by atoms with van der Waals surface area (Å²) in [6.07, 6.45) is 11.0. The molecule has 0 bridgehead atoms. The van der Waals surface area contributed by atoms with Crippen LogP contribution in [0.3, 0.4) is 0 Å². The van der Waals surface area contributed by atoms with Gasteiger partial charge in [0.2, 0.25) is 0 Å². The molecule has 1 aromatic rings. The van der Waals surface area contributed by atoms with Gasteiger partial charge in [-0.15, -0.1) is 0 Å². The van der Waals surface area contributed by atoms with Crippen LogP contribution in [-0.4, -0.2) is 10.2 Å². The van der Waals surface area contributed by atoms with Crippen LogP contribution in [0.15, 0.2) is 48.6 Å². The maximum Gasteiger partial charge on any atom is 0.158 e. The van der Waals surface area contributed by atoms with Crippen LogP contribution in [0.25, 0.3) is 5.57 Å². The van der Waals surface area contributed by atoms with Crippen LogP contribution in [0.2, 0.25) is 0 Å². The molecule has 0 fully saturated rings. The minimum Gasteiger partial charge on any atom is -0.504 e. The summed E-state index contributed by atoms with van der Waals surface area (Å²) in [7, 11) is 0. The zero-order chi connectivity index (χ0) is 10.7. The van der Waals surface area contributed by atoms with Gasteiger partial charge in [-0.2, -0.15) is 0 Å². The van der Waals surface area contributed by atoms with Crippen LogP contribution in [0.4, 0.5) is 0 Å². The van der Waals surface area contributed by atoms with Crippen molar-refractivity contribution >= 4 is 5.57 Å². The van der Waals surface area contributed by atoms with Crippen LogP contribution in [-0.2, 0) is 0 Å². The summed E-state index contributed by atoms with van der Waals surface area (Å²) in [5.41, 5.74) is 1.92. The van der Waals surface area contributed by atoms with Crippen molar-refractivity contribution in [3.05, 3.63) is 54.1 Å². The second-order valence-electron chi connectivity index (χ2n) is 3.39. The Bertz CT molecular complexity index is 454. The van der Waals surface area contributed by atoms with Crippen molar-refractivity contribution in [2.24, 2.45) is 0 Å². The Balaban J connectivity index is 2.41. The van der Waals surface area contributed by atoms with Gasteiger partial charge in [-0.05, 0) is 29.7 Å². The third-order valence-corrected chi connectivity index (χ3v) is 2.29. The van der Waals surface area contributed by atoms with Crippen molar-refractivity contribution in [1.29, 1.82) is 0 Å². The van der Waals surface area contributed by atoms with Gasteiger partial charge in [0.15, 0.2) is 11.5 Å². The molecule has 2 nitrogen and oxygen atoms in total. The van der Waals surface area contributed by atoms with E-state index in [2.05, 4.69) is 12.2 Å². The Labute approximate surface area is 88.5 Å². The summed E-state index contributed by atoms with van der Waals surface area (Å²) in [5.74, 6) is -0.178. The predicted molar refractivity (Wildman–Crippen MR) is 60.6 cm³/mol. The van der Waals surface area contributed by atoms with Gasteiger partial charge >= 0.3 is 0 Å². The molecule has 0 spiro atoms. The fraction of sp³-hybridized carbons (Fsp3) is 0.0769. The molecule has 0 saturated heterocycles. The Kier molecular flexibility index (Phi) is 2.59. The first kappa shape index (κ1) is 9.59. The molecule has 0 heterocycles. The Morgan fingerprint density at radius 1 is 1.00 bits per heavy atom. The highest BCUT2D eigenvalue weighted by Gasteiger charge is 2.03. The maximum absolute atomic E-state index is 9.38. The zero-order valence-electron chi connectivity index (χ0n) is 8.22. The molecule has 0 amide bonds.